The summed E-state index contributed by atoms with van der Waals surface area (Å²) in [5, 5.41) is 21.8. The lowest BCUT2D eigenvalue weighted by atomic mass is 9.77. The minimum absolute atomic E-state index is 0.0787. The number of carbonyl (C=O) groups excluding carboxylic acids is 6. The van der Waals surface area contributed by atoms with Crippen molar-refractivity contribution < 1.29 is 28.8 Å². The fourth-order valence-corrected chi connectivity index (χ4v) is 13.0. The number of H-pyrrole nitrogens is 3. The van der Waals surface area contributed by atoms with Gasteiger partial charge < -0.3 is 64.1 Å². The zero-order chi connectivity index (χ0) is 64.9. The van der Waals surface area contributed by atoms with Gasteiger partial charge in [-0.05, 0) is 188 Å². The summed E-state index contributed by atoms with van der Waals surface area (Å²) in [7, 11) is 5.07. The van der Waals surface area contributed by atoms with Gasteiger partial charge in [0.15, 0.2) is 0 Å². The van der Waals surface area contributed by atoms with Gasteiger partial charge in [0, 0.05) is 111 Å². The Bertz CT molecular complexity index is 3580. The highest BCUT2D eigenvalue weighted by molar-refractivity contribution is 6.05. The van der Waals surface area contributed by atoms with E-state index in [-0.39, 0.29) is 54.3 Å². The van der Waals surface area contributed by atoms with Crippen LogP contribution in [0.2, 0.25) is 0 Å². The Labute approximate surface area is 532 Å². The number of benzene rings is 6. The Balaban J connectivity index is 0.983. The number of likely N-dealkylation sites (N-methyl/N-ethyl adjacent to an activating group) is 3. The maximum atomic E-state index is 14.6. The van der Waals surface area contributed by atoms with Crippen LogP contribution in [0.5, 0.6) is 0 Å². The number of carbonyl (C=O) groups is 6. The van der Waals surface area contributed by atoms with Crippen molar-refractivity contribution in [3.8, 4) is 0 Å². The molecule has 18 heteroatoms. The molecule has 3 unspecified atom stereocenters. The predicted octanol–water partition coefficient (Wildman–Crippen LogP) is 9.56. The zero-order valence-corrected chi connectivity index (χ0v) is 53.1. The van der Waals surface area contributed by atoms with Gasteiger partial charge in [-0.15, -0.1) is 0 Å². The number of ketones is 3. The van der Waals surface area contributed by atoms with Crippen LogP contribution >= 0.6 is 0 Å². The first kappa shape index (κ1) is 66.5. The monoisotopic (exact) mass is 1230 g/mol. The van der Waals surface area contributed by atoms with E-state index in [1.807, 2.05) is 164 Å². The molecule has 6 aromatic carbocycles. The Morgan fingerprint density at radius 3 is 0.879 bits per heavy atom. The number of para-hydroxylation sites is 3. The van der Waals surface area contributed by atoms with Gasteiger partial charge >= 0.3 is 0 Å². The molecule has 3 aromatic heterocycles. The molecular formula is C73H88N12O6. The SMILES string of the molecule is CN[C@](C)(C(=O)Nc1ccc(C(c2ccc(NC(=O)[C@@](C)(NC)C(CCCN)C(=O)Cc3c[nH]c4ccccc34)cc2)c2ccc(NC(=O)[C@@](C)(NC)C(CCCN)C(=O)Cc3c[nH]c4ccccc34)cc2)cc1)C(CCCN)C(=O)Cc1c[nH]c2ccccc12. The van der Waals surface area contributed by atoms with Crippen LogP contribution in [-0.4, -0.2) is 107 Å². The lowest BCUT2D eigenvalue weighted by Crippen LogP contribution is -2.58. The van der Waals surface area contributed by atoms with Gasteiger partial charge in [0.2, 0.25) is 17.7 Å². The number of Topliss-reactive ketones (excluding diaryl/α,β-unsaturated/α-hetero) is 3. The Morgan fingerprint density at radius 2 is 0.637 bits per heavy atom. The van der Waals surface area contributed by atoms with Crippen molar-refractivity contribution in [3.05, 3.63) is 198 Å². The first-order chi connectivity index (χ1) is 43.9. The van der Waals surface area contributed by atoms with Crippen LogP contribution in [0, 0.1) is 17.8 Å². The number of hydrogen-bond donors (Lipinski definition) is 12. The maximum Gasteiger partial charge on any atom is 0.245 e. The van der Waals surface area contributed by atoms with Crippen molar-refractivity contribution in [1.82, 2.24) is 30.9 Å². The molecule has 91 heavy (non-hydrogen) atoms. The fraction of sp³-hybridized carbons (Fsp3) is 0.342. The molecule has 0 spiro atoms. The van der Waals surface area contributed by atoms with Crippen LogP contribution in [0.15, 0.2) is 164 Å². The quantitative estimate of drug-likeness (QED) is 0.0171. The van der Waals surface area contributed by atoms with Crippen molar-refractivity contribution in [2.45, 2.75) is 101 Å². The topological polar surface area (TPSA) is 300 Å². The Morgan fingerprint density at radius 1 is 0.385 bits per heavy atom. The molecule has 6 atom stereocenters. The summed E-state index contributed by atoms with van der Waals surface area (Å²) in [5.74, 6) is -3.89. The number of rotatable bonds is 33. The summed E-state index contributed by atoms with van der Waals surface area (Å²) in [6.07, 6.45) is 8.82. The molecule has 3 amide bonds. The van der Waals surface area contributed by atoms with E-state index >= 15 is 0 Å². The molecule has 476 valence electrons. The molecule has 3 heterocycles. The van der Waals surface area contributed by atoms with Crippen LogP contribution in [0.25, 0.3) is 32.7 Å². The molecule has 0 bridgehead atoms. The molecule has 0 aliphatic heterocycles. The molecule has 0 saturated heterocycles. The van der Waals surface area contributed by atoms with Crippen molar-refractivity contribution in [2.24, 2.45) is 35.0 Å². The second kappa shape index (κ2) is 29.8. The first-order valence-corrected chi connectivity index (χ1v) is 31.6. The number of nitrogens with two attached hydrogens (primary N) is 3. The summed E-state index contributed by atoms with van der Waals surface area (Å²) in [4.78, 5) is 96.6. The van der Waals surface area contributed by atoms with Gasteiger partial charge in [-0.3, -0.25) is 28.8 Å². The average Bonchev–Trinajstić information content (AvgIpc) is 2.86. The van der Waals surface area contributed by atoms with E-state index in [9.17, 15) is 28.8 Å². The van der Waals surface area contributed by atoms with E-state index in [1.54, 1.807) is 41.9 Å². The Kier molecular flexibility index (Phi) is 21.8. The highest BCUT2D eigenvalue weighted by atomic mass is 16.2. The van der Waals surface area contributed by atoms with Gasteiger partial charge in [-0.2, -0.15) is 0 Å². The predicted molar refractivity (Wildman–Crippen MR) is 365 cm³/mol. The van der Waals surface area contributed by atoms with Crippen molar-refractivity contribution in [3.63, 3.8) is 0 Å². The number of hydrogen-bond acceptors (Lipinski definition) is 12. The van der Waals surface area contributed by atoms with Gasteiger partial charge in [0.25, 0.3) is 0 Å². The maximum absolute atomic E-state index is 14.6. The molecule has 0 aliphatic rings. The molecule has 9 aromatic rings. The second-order valence-electron chi connectivity index (χ2n) is 24.5. The smallest absolute Gasteiger partial charge is 0.245 e. The van der Waals surface area contributed by atoms with Crippen LogP contribution in [-0.2, 0) is 48.0 Å². The molecule has 15 N–H and O–H groups in total. The number of nitrogens with one attached hydrogen (secondary N) is 9. The van der Waals surface area contributed by atoms with Gasteiger partial charge in [0.05, 0.1) is 0 Å². The number of aromatic amines is 3. The van der Waals surface area contributed by atoms with Crippen LogP contribution in [0.4, 0.5) is 17.1 Å². The van der Waals surface area contributed by atoms with E-state index in [4.69, 9.17) is 17.2 Å². The fourth-order valence-electron chi connectivity index (χ4n) is 13.0. The van der Waals surface area contributed by atoms with Crippen LogP contribution < -0.4 is 49.1 Å². The van der Waals surface area contributed by atoms with E-state index in [0.717, 1.165) is 66.1 Å². The number of fused-ring (bicyclic) bond motifs is 3. The molecule has 9 rings (SSSR count). The van der Waals surface area contributed by atoms with E-state index in [0.29, 0.717) is 75.2 Å². The average molecular weight is 1230 g/mol. The molecule has 18 nitrogen and oxygen atoms in total. The number of anilines is 3. The zero-order valence-electron chi connectivity index (χ0n) is 53.1. The molecular weight excluding hydrogens is 1140 g/mol. The van der Waals surface area contributed by atoms with Crippen molar-refractivity contribution in [1.29, 1.82) is 0 Å². The van der Waals surface area contributed by atoms with Crippen molar-refractivity contribution >= 4 is 84.8 Å². The normalized spacial score (nSPS) is 15.0. The number of aromatic nitrogens is 3. The summed E-state index contributed by atoms with van der Waals surface area (Å²) in [6.45, 7) is 6.36. The highest BCUT2D eigenvalue weighted by Crippen LogP contribution is 2.37. The summed E-state index contributed by atoms with van der Waals surface area (Å²) >= 11 is 0. The lowest BCUT2D eigenvalue weighted by molar-refractivity contribution is -0.133. The summed E-state index contributed by atoms with van der Waals surface area (Å²) in [5.41, 5.74) is 23.6. The molecule has 0 aliphatic carbocycles. The summed E-state index contributed by atoms with van der Waals surface area (Å²) in [6, 6.07) is 46.1. The minimum Gasteiger partial charge on any atom is -0.361 e. The molecule has 0 fully saturated rings. The third kappa shape index (κ3) is 14.7. The van der Waals surface area contributed by atoms with E-state index < -0.39 is 40.3 Å². The molecule has 0 radical (unpaired) electrons. The largest absolute Gasteiger partial charge is 0.361 e. The third-order valence-electron chi connectivity index (χ3n) is 18.9. The minimum atomic E-state index is -1.30. The second-order valence-corrected chi connectivity index (χ2v) is 24.5. The number of amides is 3. The molecule has 0 saturated carbocycles. The van der Waals surface area contributed by atoms with Crippen LogP contribution in [0.1, 0.15) is 98.6 Å². The van der Waals surface area contributed by atoms with E-state index in [2.05, 4.69) is 46.9 Å². The van der Waals surface area contributed by atoms with Gasteiger partial charge in [0.1, 0.15) is 34.0 Å². The van der Waals surface area contributed by atoms with E-state index in [1.165, 1.54) is 0 Å². The van der Waals surface area contributed by atoms with Crippen molar-refractivity contribution in [2.75, 3.05) is 56.7 Å². The standard InChI is InChI=1S/C73H88N12O6/c1-71(77-4,58(19-13-37-74)64(86)40-49-43-80-61-22-10-7-16-55(49)61)68(89)83-52-31-25-46(26-32-52)67(47-27-33-53(34-28-47)84-69(90)72(2,78-5)59(20-14-38-75)65(87)41-50-44-81-62-23-11-8-17-56(50)62)48-29-35-54(36-30-48)85-70(91)73(3,79-6)60(21-15-39-76)66(88)42-51-45-82-63-24-12-9-18-57(51)63/h7-12,16-18,22-36,43-45,58-60,67,77-82H,13-15,19-21,37-42,74-76H2,1-6H3,(H,83,89)(H,84,90)(H,85,91)/t58?,59?,60?,67?,71-,72-,73-/m0/s1. The highest BCUT2D eigenvalue weighted by Gasteiger charge is 2.46. The third-order valence-corrected chi connectivity index (χ3v) is 18.9. The first-order valence-electron chi connectivity index (χ1n) is 31.6. The van der Waals surface area contributed by atoms with Gasteiger partial charge in [-0.1, -0.05) is 91.0 Å². The lowest BCUT2D eigenvalue weighted by Gasteiger charge is -2.35. The van der Waals surface area contributed by atoms with Crippen LogP contribution in [0.3, 0.4) is 0 Å². The Hall–Kier alpha value is -8.88. The summed E-state index contributed by atoms with van der Waals surface area (Å²) < 4.78 is 0. The van der Waals surface area contributed by atoms with Gasteiger partial charge in [-0.25, -0.2) is 0 Å².